The van der Waals surface area contributed by atoms with Gasteiger partial charge in [-0.25, -0.2) is 8.42 Å². The molecule has 178 valence electrons. The molecular formula is C21H31N3O7S. The first-order chi connectivity index (χ1) is 15.2. The fourth-order valence-electron chi connectivity index (χ4n) is 3.91. The third-order valence-corrected chi connectivity index (χ3v) is 7.01. The van der Waals surface area contributed by atoms with Crippen LogP contribution in [0.15, 0.2) is 18.2 Å². The minimum absolute atomic E-state index is 0.0684. The van der Waals surface area contributed by atoms with Crippen LogP contribution < -0.4 is 14.8 Å². The number of hydrogen-bond acceptors (Lipinski definition) is 7. The second-order valence-electron chi connectivity index (χ2n) is 7.93. The van der Waals surface area contributed by atoms with E-state index in [1.807, 2.05) is 0 Å². The van der Waals surface area contributed by atoms with Gasteiger partial charge in [0.2, 0.25) is 15.9 Å². The monoisotopic (exact) mass is 469 g/mol. The molecule has 2 heterocycles. The Morgan fingerprint density at radius 1 is 1.31 bits per heavy atom. The van der Waals surface area contributed by atoms with E-state index in [0.717, 1.165) is 0 Å². The summed E-state index contributed by atoms with van der Waals surface area (Å²) < 4.78 is 43.2. The molecule has 0 radical (unpaired) electrons. The number of ether oxygens (including phenoxy) is 3. The lowest BCUT2D eigenvalue weighted by atomic mass is 9.94. The van der Waals surface area contributed by atoms with Gasteiger partial charge in [-0.15, -0.1) is 0 Å². The molecule has 0 saturated carbocycles. The number of nitrogens with one attached hydrogen (secondary N) is 2. The lowest BCUT2D eigenvalue weighted by Gasteiger charge is -2.42. The highest BCUT2D eigenvalue weighted by molar-refractivity contribution is 7.92. The average molecular weight is 470 g/mol. The summed E-state index contributed by atoms with van der Waals surface area (Å²) >= 11 is 0. The van der Waals surface area contributed by atoms with Crippen LogP contribution in [0.3, 0.4) is 0 Å². The number of anilines is 1. The van der Waals surface area contributed by atoms with Crippen molar-refractivity contribution < 1.29 is 32.2 Å². The van der Waals surface area contributed by atoms with Crippen LogP contribution in [0.2, 0.25) is 0 Å². The number of benzene rings is 1. The van der Waals surface area contributed by atoms with E-state index in [1.165, 1.54) is 13.0 Å². The Morgan fingerprint density at radius 2 is 2.09 bits per heavy atom. The van der Waals surface area contributed by atoms with E-state index in [1.54, 1.807) is 31.2 Å². The number of rotatable bonds is 8. The molecule has 10 nitrogen and oxygen atoms in total. The maximum atomic E-state index is 13.2. The van der Waals surface area contributed by atoms with Crippen molar-refractivity contribution in [2.45, 2.75) is 44.4 Å². The van der Waals surface area contributed by atoms with Gasteiger partial charge in [-0.3, -0.25) is 14.3 Å². The second kappa shape index (κ2) is 10.5. The minimum Gasteiger partial charge on any atom is -0.490 e. The third-order valence-electron chi connectivity index (χ3n) is 5.71. The summed E-state index contributed by atoms with van der Waals surface area (Å²) in [5.74, 6) is -0.0790. The maximum Gasteiger partial charge on any atom is 0.257 e. The molecule has 3 atom stereocenters. The van der Waals surface area contributed by atoms with E-state index >= 15 is 0 Å². The van der Waals surface area contributed by atoms with E-state index in [4.69, 9.17) is 14.2 Å². The molecule has 2 amide bonds. The Morgan fingerprint density at radius 3 is 2.81 bits per heavy atom. The van der Waals surface area contributed by atoms with Gasteiger partial charge in [0, 0.05) is 26.4 Å². The zero-order valence-electron chi connectivity index (χ0n) is 18.6. The Kier molecular flexibility index (Phi) is 7.96. The number of carbonyl (C=O) groups is 2. The maximum absolute atomic E-state index is 13.2. The summed E-state index contributed by atoms with van der Waals surface area (Å²) in [6, 6.07) is 4.43. The molecule has 2 aliphatic heterocycles. The first-order valence-corrected chi connectivity index (χ1v) is 12.3. The van der Waals surface area contributed by atoms with E-state index in [2.05, 4.69) is 10.0 Å². The van der Waals surface area contributed by atoms with Gasteiger partial charge in [-0.2, -0.15) is 0 Å². The van der Waals surface area contributed by atoms with Crippen molar-refractivity contribution in [2.75, 3.05) is 44.4 Å². The van der Waals surface area contributed by atoms with Gasteiger partial charge in [0.05, 0.1) is 36.5 Å². The number of sulfonamides is 1. The van der Waals surface area contributed by atoms with Gasteiger partial charge in [0.25, 0.3) is 5.91 Å². The van der Waals surface area contributed by atoms with E-state index in [0.29, 0.717) is 43.0 Å². The molecule has 2 aliphatic rings. The number of fused-ring (bicyclic) bond motifs is 2. The molecule has 0 aliphatic carbocycles. The molecule has 11 heteroatoms. The van der Waals surface area contributed by atoms with Gasteiger partial charge in [-0.1, -0.05) is 0 Å². The van der Waals surface area contributed by atoms with Crippen molar-refractivity contribution in [3.8, 4) is 5.75 Å². The van der Waals surface area contributed by atoms with E-state index < -0.39 is 10.0 Å². The van der Waals surface area contributed by atoms with Gasteiger partial charge < -0.3 is 24.4 Å². The van der Waals surface area contributed by atoms with Crippen LogP contribution in [-0.4, -0.2) is 83.1 Å². The molecule has 2 N–H and O–H groups in total. The number of hydrogen-bond donors (Lipinski definition) is 2. The summed E-state index contributed by atoms with van der Waals surface area (Å²) in [6.45, 7) is 2.65. The summed E-state index contributed by atoms with van der Waals surface area (Å²) in [6.07, 6.45) is 0.919. The summed E-state index contributed by atoms with van der Waals surface area (Å²) in [5.41, 5.74) is 0.606. The zero-order chi connectivity index (χ0) is 23.3. The highest BCUT2D eigenvalue weighted by Gasteiger charge is 2.39. The van der Waals surface area contributed by atoms with Gasteiger partial charge in [0.1, 0.15) is 18.5 Å². The Hall–Kier alpha value is -2.37. The van der Waals surface area contributed by atoms with E-state index in [-0.39, 0.29) is 48.8 Å². The Bertz CT molecular complexity index is 937. The number of methoxy groups -OCH3 is 1. The highest BCUT2D eigenvalue weighted by atomic mass is 32.2. The predicted molar refractivity (Wildman–Crippen MR) is 118 cm³/mol. The molecule has 1 saturated heterocycles. The van der Waals surface area contributed by atoms with Crippen molar-refractivity contribution in [2.24, 2.45) is 0 Å². The van der Waals surface area contributed by atoms with Crippen LogP contribution in [0.5, 0.6) is 5.75 Å². The molecule has 0 bridgehead atoms. The summed E-state index contributed by atoms with van der Waals surface area (Å²) in [7, 11) is -0.182. The predicted octanol–water partition coefficient (Wildman–Crippen LogP) is 0.982. The number of carbonyl (C=O) groups excluding carboxylic acids is 2. The van der Waals surface area contributed by atoms with Gasteiger partial charge >= 0.3 is 0 Å². The zero-order valence-corrected chi connectivity index (χ0v) is 19.4. The SMILES string of the molecule is CCS(=O)(=O)Nc1ccc2c(c1)C(=O)N(C)[C@@H]1CC[C@H](CC(=O)NCCOC)O[C@H]1CO2. The fourth-order valence-corrected chi connectivity index (χ4v) is 4.54. The smallest absolute Gasteiger partial charge is 0.257 e. The van der Waals surface area contributed by atoms with Gasteiger partial charge in [0.15, 0.2) is 0 Å². The van der Waals surface area contributed by atoms with Crippen molar-refractivity contribution >= 4 is 27.5 Å². The molecule has 1 fully saturated rings. The fraction of sp³-hybridized carbons (Fsp3) is 0.619. The Balaban J connectivity index is 1.71. The van der Waals surface area contributed by atoms with Crippen molar-refractivity contribution in [1.29, 1.82) is 0 Å². The topological polar surface area (TPSA) is 123 Å². The van der Waals surface area contributed by atoms with Gasteiger partial charge in [-0.05, 0) is 38.0 Å². The lowest BCUT2D eigenvalue weighted by Crippen LogP contribution is -2.54. The first kappa shape index (κ1) is 24.3. The molecule has 0 spiro atoms. The van der Waals surface area contributed by atoms with Crippen molar-refractivity contribution in [3.63, 3.8) is 0 Å². The van der Waals surface area contributed by atoms with Crippen LogP contribution in [0.1, 0.15) is 36.5 Å². The van der Waals surface area contributed by atoms with Crippen molar-refractivity contribution in [1.82, 2.24) is 10.2 Å². The van der Waals surface area contributed by atoms with Crippen LogP contribution in [-0.2, 0) is 24.3 Å². The molecule has 1 aromatic rings. The van der Waals surface area contributed by atoms with Crippen LogP contribution >= 0.6 is 0 Å². The molecule has 0 unspecified atom stereocenters. The normalized spacial score (nSPS) is 23.3. The number of amides is 2. The van der Waals surface area contributed by atoms with Crippen LogP contribution in [0.4, 0.5) is 5.69 Å². The number of nitrogens with zero attached hydrogens (tertiary/aromatic N) is 1. The molecular weight excluding hydrogens is 438 g/mol. The first-order valence-electron chi connectivity index (χ1n) is 10.7. The molecule has 1 aromatic carbocycles. The summed E-state index contributed by atoms with van der Waals surface area (Å²) in [4.78, 5) is 26.9. The van der Waals surface area contributed by atoms with Crippen LogP contribution in [0, 0.1) is 0 Å². The largest absolute Gasteiger partial charge is 0.490 e. The number of likely N-dealkylation sites (N-methyl/N-ethyl adjacent to an activating group) is 1. The van der Waals surface area contributed by atoms with Crippen LogP contribution in [0.25, 0.3) is 0 Å². The molecule has 0 aromatic heterocycles. The summed E-state index contributed by atoms with van der Waals surface area (Å²) in [5, 5.41) is 2.79. The highest BCUT2D eigenvalue weighted by Crippen LogP contribution is 2.32. The average Bonchev–Trinajstić information content (AvgIpc) is 2.76. The minimum atomic E-state index is -3.46. The van der Waals surface area contributed by atoms with E-state index in [9.17, 15) is 18.0 Å². The molecule has 3 rings (SSSR count). The lowest BCUT2D eigenvalue weighted by molar-refractivity contribution is -0.134. The standard InChI is InChI=1S/C21H31N3O7S/c1-4-32(27,28)23-14-5-8-18-16(11-14)21(26)24(2)17-7-6-15(31-19(17)13-30-18)12-20(25)22-9-10-29-3/h5,8,11,15,17,19,23H,4,6-7,9-10,12-13H2,1-3H3,(H,22,25)/t15-,17-,19+/m1/s1. The quantitative estimate of drug-likeness (QED) is 0.544. The third kappa shape index (κ3) is 5.90. The Labute approximate surface area is 188 Å². The second-order valence-corrected chi connectivity index (χ2v) is 9.94. The molecule has 32 heavy (non-hydrogen) atoms. The van der Waals surface area contributed by atoms with Crippen molar-refractivity contribution in [3.05, 3.63) is 23.8 Å².